The van der Waals surface area contributed by atoms with Gasteiger partial charge < -0.3 is 10.5 Å². The molecule has 1 aliphatic rings. The first-order valence-electron chi connectivity index (χ1n) is 6.18. The molecule has 104 valence electrons. The lowest BCUT2D eigenvalue weighted by molar-refractivity contribution is -0.137. The van der Waals surface area contributed by atoms with Crippen LogP contribution in [0, 0.1) is 0 Å². The highest BCUT2D eigenvalue weighted by atomic mass is 19.4. The standard InChI is InChI=1S/C15H12F3NO/c16-15(17,18)11-2-3-12(13(19)8-11)9-1-4-14-10(7-9)5-6-20-14/h1-4,7-8H,5-6,19H2. The Morgan fingerprint density at radius 2 is 1.85 bits per heavy atom. The summed E-state index contributed by atoms with van der Waals surface area (Å²) in [6.45, 7) is 0.640. The molecule has 2 aromatic carbocycles. The number of benzene rings is 2. The van der Waals surface area contributed by atoms with Crippen LogP contribution in [0.1, 0.15) is 11.1 Å². The van der Waals surface area contributed by atoms with Crippen LogP contribution in [0.5, 0.6) is 5.75 Å². The number of fused-ring (bicyclic) bond motifs is 1. The van der Waals surface area contributed by atoms with E-state index in [9.17, 15) is 13.2 Å². The number of ether oxygens (including phenoxy) is 1. The van der Waals surface area contributed by atoms with E-state index in [4.69, 9.17) is 10.5 Å². The molecule has 2 aromatic rings. The summed E-state index contributed by atoms with van der Waals surface area (Å²) in [5.74, 6) is 0.833. The smallest absolute Gasteiger partial charge is 0.416 e. The van der Waals surface area contributed by atoms with E-state index in [0.29, 0.717) is 12.2 Å². The molecule has 0 amide bonds. The summed E-state index contributed by atoms with van der Waals surface area (Å²) in [4.78, 5) is 0. The molecule has 0 unspecified atom stereocenters. The van der Waals surface area contributed by atoms with Gasteiger partial charge in [-0.3, -0.25) is 0 Å². The van der Waals surface area contributed by atoms with E-state index in [-0.39, 0.29) is 5.69 Å². The molecule has 0 atom stereocenters. The Kier molecular flexibility index (Phi) is 2.85. The van der Waals surface area contributed by atoms with Crippen LogP contribution in [-0.4, -0.2) is 6.61 Å². The van der Waals surface area contributed by atoms with Gasteiger partial charge in [-0.15, -0.1) is 0 Å². The van der Waals surface area contributed by atoms with E-state index in [2.05, 4.69) is 0 Å². The fourth-order valence-corrected chi connectivity index (χ4v) is 2.36. The molecule has 2 N–H and O–H groups in total. The second-order valence-electron chi connectivity index (χ2n) is 4.72. The average Bonchev–Trinajstić information content (AvgIpc) is 2.84. The molecule has 5 heteroatoms. The zero-order valence-corrected chi connectivity index (χ0v) is 10.5. The van der Waals surface area contributed by atoms with Gasteiger partial charge >= 0.3 is 6.18 Å². The molecule has 0 spiro atoms. The van der Waals surface area contributed by atoms with Crippen molar-refractivity contribution in [2.45, 2.75) is 12.6 Å². The van der Waals surface area contributed by atoms with Crippen molar-refractivity contribution in [3.05, 3.63) is 47.5 Å². The molecule has 0 fully saturated rings. The molecule has 0 aliphatic carbocycles. The van der Waals surface area contributed by atoms with Gasteiger partial charge in [0.1, 0.15) is 5.75 Å². The fourth-order valence-electron chi connectivity index (χ4n) is 2.36. The molecule has 0 aromatic heterocycles. The van der Waals surface area contributed by atoms with Crippen LogP contribution in [0.4, 0.5) is 18.9 Å². The van der Waals surface area contributed by atoms with Gasteiger partial charge in [0.15, 0.2) is 0 Å². The fraction of sp³-hybridized carbons (Fsp3) is 0.200. The zero-order valence-electron chi connectivity index (χ0n) is 10.5. The number of nitrogens with two attached hydrogens (primary N) is 1. The van der Waals surface area contributed by atoms with Gasteiger partial charge in [0.25, 0.3) is 0 Å². The SMILES string of the molecule is Nc1cc(C(F)(F)F)ccc1-c1ccc2c(c1)CCO2. The average molecular weight is 279 g/mol. The van der Waals surface area contributed by atoms with E-state index in [1.165, 1.54) is 6.07 Å². The lowest BCUT2D eigenvalue weighted by Crippen LogP contribution is -2.06. The van der Waals surface area contributed by atoms with Crippen LogP contribution >= 0.6 is 0 Å². The van der Waals surface area contributed by atoms with Gasteiger partial charge in [-0.05, 0) is 35.4 Å². The lowest BCUT2D eigenvalue weighted by Gasteiger charge is -2.11. The summed E-state index contributed by atoms with van der Waals surface area (Å²) in [6, 6.07) is 8.99. The van der Waals surface area contributed by atoms with E-state index in [0.717, 1.165) is 35.4 Å². The first-order chi connectivity index (χ1) is 9.45. The summed E-state index contributed by atoms with van der Waals surface area (Å²) in [7, 11) is 0. The van der Waals surface area contributed by atoms with Gasteiger partial charge in [-0.1, -0.05) is 12.1 Å². The summed E-state index contributed by atoms with van der Waals surface area (Å²) >= 11 is 0. The van der Waals surface area contributed by atoms with Crippen LogP contribution < -0.4 is 10.5 Å². The number of hydrogen-bond acceptors (Lipinski definition) is 2. The quantitative estimate of drug-likeness (QED) is 0.804. The highest BCUT2D eigenvalue weighted by Crippen LogP contribution is 2.36. The number of nitrogen functional groups attached to an aromatic ring is 1. The van der Waals surface area contributed by atoms with Crippen LogP contribution in [0.3, 0.4) is 0 Å². The third-order valence-corrected chi connectivity index (χ3v) is 3.38. The second kappa shape index (κ2) is 4.44. The van der Waals surface area contributed by atoms with Crippen molar-refractivity contribution in [3.8, 4) is 16.9 Å². The Balaban J connectivity index is 2.03. The Morgan fingerprint density at radius 3 is 2.55 bits per heavy atom. The third-order valence-electron chi connectivity index (χ3n) is 3.38. The minimum absolute atomic E-state index is 0.124. The van der Waals surface area contributed by atoms with Crippen molar-refractivity contribution < 1.29 is 17.9 Å². The van der Waals surface area contributed by atoms with Crippen molar-refractivity contribution in [3.63, 3.8) is 0 Å². The topological polar surface area (TPSA) is 35.2 Å². The molecule has 0 radical (unpaired) electrons. The Morgan fingerprint density at radius 1 is 1.05 bits per heavy atom. The molecule has 0 bridgehead atoms. The lowest BCUT2D eigenvalue weighted by atomic mass is 9.99. The van der Waals surface area contributed by atoms with Crippen molar-refractivity contribution in [2.75, 3.05) is 12.3 Å². The molecule has 3 rings (SSSR count). The molecule has 0 saturated heterocycles. The number of hydrogen-bond donors (Lipinski definition) is 1. The molecular formula is C15H12F3NO. The Bertz CT molecular complexity index is 665. The molecule has 20 heavy (non-hydrogen) atoms. The van der Waals surface area contributed by atoms with E-state index < -0.39 is 11.7 Å². The van der Waals surface area contributed by atoms with Crippen molar-refractivity contribution in [2.24, 2.45) is 0 Å². The van der Waals surface area contributed by atoms with Gasteiger partial charge in [-0.2, -0.15) is 13.2 Å². The molecule has 0 saturated carbocycles. The van der Waals surface area contributed by atoms with Crippen LogP contribution in [0.2, 0.25) is 0 Å². The largest absolute Gasteiger partial charge is 0.493 e. The van der Waals surface area contributed by atoms with Gasteiger partial charge in [0.05, 0.1) is 12.2 Å². The molecule has 1 heterocycles. The predicted octanol–water partition coefficient (Wildman–Crippen LogP) is 3.89. The van der Waals surface area contributed by atoms with Crippen molar-refractivity contribution in [1.29, 1.82) is 0 Å². The van der Waals surface area contributed by atoms with Crippen LogP contribution in [0.25, 0.3) is 11.1 Å². The highest BCUT2D eigenvalue weighted by Gasteiger charge is 2.30. The maximum atomic E-state index is 12.6. The number of rotatable bonds is 1. The zero-order chi connectivity index (χ0) is 14.3. The minimum atomic E-state index is -4.38. The minimum Gasteiger partial charge on any atom is -0.493 e. The summed E-state index contributed by atoms with van der Waals surface area (Å²) in [6.07, 6.45) is -3.57. The number of halogens is 3. The molecule has 1 aliphatic heterocycles. The van der Waals surface area contributed by atoms with E-state index in [1.54, 1.807) is 0 Å². The highest BCUT2D eigenvalue weighted by molar-refractivity contribution is 5.78. The Hall–Kier alpha value is -2.17. The normalized spacial score (nSPS) is 13.9. The molecular weight excluding hydrogens is 267 g/mol. The van der Waals surface area contributed by atoms with Crippen LogP contribution in [-0.2, 0) is 12.6 Å². The van der Waals surface area contributed by atoms with E-state index in [1.807, 2.05) is 18.2 Å². The second-order valence-corrected chi connectivity index (χ2v) is 4.72. The number of anilines is 1. The van der Waals surface area contributed by atoms with Gasteiger partial charge in [0.2, 0.25) is 0 Å². The van der Waals surface area contributed by atoms with Crippen molar-refractivity contribution >= 4 is 5.69 Å². The van der Waals surface area contributed by atoms with Gasteiger partial charge in [0, 0.05) is 17.7 Å². The summed E-state index contributed by atoms with van der Waals surface area (Å²) in [5.41, 5.74) is 7.62. The number of alkyl halides is 3. The predicted molar refractivity (Wildman–Crippen MR) is 70.5 cm³/mol. The van der Waals surface area contributed by atoms with Crippen LogP contribution in [0.15, 0.2) is 36.4 Å². The first kappa shape index (κ1) is 12.8. The monoisotopic (exact) mass is 279 g/mol. The van der Waals surface area contributed by atoms with Gasteiger partial charge in [-0.25, -0.2) is 0 Å². The summed E-state index contributed by atoms with van der Waals surface area (Å²) in [5, 5.41) is 0. The van der Waals surface area contributed by atoms with E-state index >= 15 is 0 Å². The maximum Gasteiger partial charge on any atom is 0.416 e. The third kappa shape index (κ3) is 2.19. The summed E-state index contributed by atoms with van der Waals surface area (Å²) < 4.78 is 43.2. The molecule has 2 nitrogen and oxygen atoms in total. The van der Waals surface area contributed by atoms with Crippen molar-refractivity contribution in [1.82, 2.24) is 0 Å². The Labute approximate surface area is 114 Å². The maximum absolute atomic E-state index is 12.6. The first-order valence-corrected chi connectivity index (χ1v) is 6.18.